The standard InChI is InChI=1S/C14H15NO5S/c16-14(17)9-12(8-11-4-2-1-3-5-11)15-21(18,19)13-6-7-20-10-13/h1-7,10,12,15H,8-9H2,(H,16,17). The number of hydrogen-bond acceptors (Lipinski definition) is 4. The van der Waals surface area contributed by atoms with Crippen molar-refractivity contribution in [1.82, 2.24) is 4.72 Å². The molecule has 0 radical (unpaired) electrons. The second kappa shape index (κ2) is 6.55. The molecule has 0 bridgehead atoms. The van der Waals surface area contributed by atoms with Crippen LogP contribution in [0.4, 0.5) is 0 Å². The SMILES string of the molecule is O=C(O)CC(Cc1ccccc1)NS(=O)(=O)c1ccoc1. The number of furan rings is 1. The average molecular weight is 309 g/mol. The Bertz CT molecular complexity index is 679. The molecule has 112 valence electrons. The van der Waals surface area contributed by atoms with Crippen LogP contribution in [0.15, 0.2) is 58.2 Å². The van der Waals surface area contributed by atoms with Gasteiger partial charge in [0.05, 0.1) is 12.7 Å². The highest BCUT2D eigenvalue weighted by atomic mass is 32.2. The van der Waals surface area contributed by atoms with E-state index >= 15 is 0 Å². The minimum Gasteiger partial charge on any atom is -0.481 e. The van der Waals surface area contributed by atoms with Gasteiger partial charge in [0.2, 0.25) is 10.0 Å². The quantitative estimate of drug-likeness (QED) is 0.810. The Morgan fingerprint density at radius 3 is 2.52 bits per heavy atom. The fourth-order valence-corrected chi connectivity index (χ4v) is 3.12. The van der Waals surface area contributed by atoms with Crippen LogP contribution < -0.4 is 4.72 Å². The molecule has 0 spiro atoms. The predicted molar refractivity (Wildman–Crippen MR) is 75.2 cm³/mol. The fourth-order valence-electron chi connectivity index (χ4n) is 1.96. The minimum absolute atomic E-state index is 0.0223. The van der Waals surface area contributed by atoms with Gasteiger partial charge in [0, 0.05) is 6.04 Å². The van der Waals surface area contributed by atoms with E-state index in [1.54, 1.807) is 0 Å². The van der Waals surface area contributed by atoms with Gasteiger partial charge >= 0.3 is 5.97 Å². The first-order chi connectivity index (χ1) is 9.97. The van der Waals surface area contributed by atoms with Crippen LogP contribution in [0.3, 0.4) is 0 Å². The van der Waals surface area contributed by atoms with Gasteiger partial charge in [-0.25, -0.2) is 13.1 Å². The lowest BCUT2D eigenvalue weighted by Gasteiger charge is -2.16. The van der Waals surface area contributed by atoms with Crippen LogP contribution >= 0.6 is 0 Å². The molecular formula is C14H15NO5S. The summed E-state index contributed by atoms with van der Waals surface area (Å²) in [6.07, 6.45) is 2.34. The van der Waals surface area contributed by atoms with Crippen molar-refractivity contribution < 1.29 is 22.7 Å². The van der Waals surface area contributed by atoms with Crippen LogP contribution in [0.5, 0.6) is 0 Å². The Morgan fingerprint density at radius 1 is 1.24 bits per heavy atom. The average Bonchev–Trinajstić information content (AvgIpc) is 2.93. The highest BCUT2D eigenvalue weighted by Crippen LogP contribution is 2.13. The lowest BCUT2D eigenvalue weighted by Crippen LogP contribution is -2.37. The number of benzene rings is 1. The Hall–Kier alpha value is -2.12. The summed E-state index contributed by atoms with van der Waals surface area (Å²) < 4.78 is 31.4. The van der Waals surface area contributed by atoms with Gasteiger partial charge in [-0.3, -0.25) is 4.79 Å². The molecule has 1 heterocycles. The van der Waals surface area contributed by atoms with Gasteiger partial charge in [-0.1, -0.05) is 30.3 Å². The molecule has 0 fully saturated rings. The van der Waals surface area contributed by atoms with Crippen LogP contribution in [0.25, 0.3) is 0 Å². The Labute approximate surface area is 122 Å². The molecule has 1 aromatic heterocycles. The van der Waals surface area contributed by atoms with E-state index in [-0.39, 0.29) is 11.3 Å². The van der Waals surface area contributed by atoms with Crippen molar-refractivity contribution in [3.05, 3.63) is 54.5 Å². The molecule has 0 aliphatic carbocycles. The van der Waals surface area contributed by atoms with Crippen LogP contribution in [0.2, 0.25) is 0 Å². The second-order valence-electron chi connectivity index (χ2n) is 4.56. The number of hydrogen-bond donors (Lipinski definition) is 2. The highest BCUT2D eigenvalue weighted by Gasteiger charge is 2.23. The summed E-state index contributed by atoms with van der Waals surface area (Å²) in [6.45, 7) is 0. The van der Waals surface area contributed by atoms with Crippen LogP contribution in [0.1, 0.15) is 12.0 Å². The monoisotopic (exact) mass is 309 g/mol. The zero-order chi connectivity index (χ0) is 15.3. The third kappa shape index (κ3) is 4.44. The van der Waals surface area contributed by atoms with Crippen molar-refractivity contribution in [2.75, 3.05) is 0 Å². The number of rotatable bonds is 7. The molecule has 2 N–H and O–H groups in total. The summed E-state index contributed by atoms with van der Waals surface area (Å²) in [7, 11) is -3.79. The van der Waals surface area contributed by atoms with Crippen LogP contribution in [-0.2, 0) is 21.2 Å². The van der Waals surface area contributed by atoms with Gasteiger partial charge in [-0.2, -0.15) is 0 Å². The summed E-state index contributed by atoms with van der Waals surface area (Å²) in [6, 6.07) is 9.69. The van der Waals surface area contributed by atoms with Gasteiger partial charge in [0.1, 0.15) is 11.2 Å². The molecular weight excluding hydrogens is 294 g/mol. The molecule has 0 saturated heterocycles. The minimum atomic E-state index is -3.79. The smallest absolute Gasteiger partial charge is 0.304 e. The van der Waals surface area contributed by atoms with Crippen LogP contribution in [-0.4, -0.2) is 25.5 Å². The molecule has 1 atom stereocenters. The largest absolute Gasteiger partial charge is 0.481 e. The molecule has 6 nitrogen and oxygen atoms in total. The molecule has 2 rings (SSSR count). The first kappa shape index (κ1) is 15.3. The van der Waals surface area contributed by atoms with Gasteiger partial charge in [0.15, 0.2) is 0 Å². The molecule has 0 saturated carbocycles. The number of aliphatic carboxylic acids is 1. The van der Waals surface area contributed by atoms with E-state index in [1.165, 1.54) is 12.3 Å². The Balaban J connectivity index is 2.15. The van der Waals surface area contributed by atoms with Crippen molar-refractivity contribution in [3.63, 3.8) is 0 Å². The van der Waals surface area contributed by atoms with Gasteiger partial charge in [0.25, 0.3) is 0 Å². The summed E-state index contributed by atoms with van der Waals surface area (Å²) in [5.74, 6) is -1.06. The maximum absolute atomic E-state index is 12.1. The first-order valence-corrected chi connectivity index (χ1v) is 7.76. The maximum Gasteiger partial charge on any atom is 0.304 e. The zero-order valence-electron chi connectivity index (χ0n) is 11.1. The maximum atomic E-state index is 12.1. The third-order valence-electron chi connectivity index (χ3n) is 2.87. The van der Waals surface area contributed by atoms with Crippen LogP contribution in [0, 0.1) is 0 Å². The van der Waals surface area contributed by atoms with E-state index in [4.69, 9.17) is 9.52 Å². The van der Waals surface area contributed by atoms with Crippen molar-refractivity contribution in [2.24, 2.45) is 0 Å². The number of carbonyl (C=O) groups is 1. The number of carboxylic acid groups (broad SMARTS) is 1. The highest BCUT2D eigenvalue weighted by molar-refractivity contribution is 7.89. The normalized spacial score (nSPS) is 13.0. The predicted octanol–water partition coefficient (Wildman–Crippen LogP) is 1.64. The number of nitrogens with one attached hydrogen (secondary N) is 1. The number of carboxylic acids is 1. The summed E-state index contributed by atoms with van der Waals surface area (Å²) >= 11 is 0. The summed E-state index contributed by atoms with van der Waals surface area (Å²) in [5, 5.41) is 8.94. The second-order valence-corrected chi connectivity index (χ2v) is 6.28. The summed E-state index contributed by atoms with van der Waals surface area (Å²) in [4.78, 5) is 10.9. The topological polar surface area (TPSA) is 96.6 Å². The van der Waals surface area contributed by atoms with E-state index in [2.05, 4.69) is 4.72 Å². The van der Waals surface area contributed by atoms with E-state index in [0.29, 0.717) is 6.42 Å². The van der Waals surface area contributed by atoms with Gasteiger partial charge < -0.3 is 9.52 Å². The van der Waals surface area contributed by atoms with Gasteiger partial charge in [-0.05, 0) is 18.1 Å². The van der Waals surface area contributed by atoms with Crippen molar-refractivity contribution in [3.8, 4) is 0 Å². The van der Waals surface area contributed by atoms with E-state index < -0.39 is 22.0 Å². The van der Waals surface area contributed by atoms with Crippen molar-refractivity contribution in [2.45, 2.75) is 23.8 Å². The zero-order valence-corrected chi connectivity index (χ0v) is 11.9. The molecule has 21 heavy (non-hydrogen) atoms. The van der Waals surface area contributed by atoms with E-state index in [0.717, 1.165) is 11.8 Å². The molecule has 1 aromatic carbocycles. The fraction of sp³-hybridized carbons (Fsp3) is 0.214. The lowest BCUT2D eigenvalue weighted by atomic mass is 10.0. The molecule has 0 amide bonds. The summed E-state index contributed by atoms with van der Waals surface area (Å²) in [5.41, 5.74) is 0.860. The molecule has 2 aromatic rings. The Morgan fingerprint density at radius 2 is 1.95 bits per heavy atom. The number of sulfonamides is 1. The van der Waals surface area contributed by atoms with Crippen molar-refractivity contribution >= 4 is 16.0 Å². The van der Waals surface area contributed by atoms with E-state index in [1.807, 2.05) is 30.3 Å². The molecule has 7 heteroatoms. The lowest BCUT2D eigenvalue weighted by molar-refractivity contribution is -0.137. The van der Waals surface area contributed by atoms with Crippen molar-refractivity contribution in [1.29, 1.82) is 0 Å². The van der Waals surface area contributed by atoms with E-state index in [9.17, 15) is 13.2 Å². The molecule has 1 unspecified atom stereocenters. The Kier molecular flexibility index (Phi) is 4.77. The first-order valence-electron chi connectivity index (χ1n) is 6.27. The molecule has 0 aliphatic heterocycles. The third-order valence-corrected chi connectivity index (χ3v) is 4.37. The van der Waals surface area contributed by atoms with Gasteiger partial charge in [-0.15, -0.1) is 0 Å². The molecule has 0 aliphatic rings.